The third-order valence-electron chi connectivity index (χ3n) is 1.95. The average molecular weight is 338 g/mol. The van der Waals surface area contributed by atoms with Crippen LogP contribution in [-0.4, -0.2) is 17.8 Å². The van der Waals surface area contributed by atoms with Gasteiger partial charge in [0, 0.05) is 15.5 Å². The van der Waals surface area contributed by atoms with Crippen molar-refractivity contribution in [2.24, 2.45) is 0 Å². The van der Waals surface area contributed by atoms with Gasteiger partial charge in [-0.3, -0.25) is 4.79 Å². The fourth-order valence-corrected chi connectivity index (χ4v) is 1.87. The highest BCUT2D eigenvalue weighted by Gasteiger charge is 2.08. The number of rotatable bonds is 4. The molecule has 0 aromatic heterocycles. The molecule has 0 spiro atoms. The van der Waals surface area contributed by atoms with Crippen molar-refractivity contribution in [3.63, 3.8) is 0 Å². The van der Waals surface area contributed by atoms with Crippen LogP contribution in [0.3, 0.4) is 0 Å². The van der Waals surface area contributed by atoms with E-state index in [4.69, 9.17) is 11.6 Å². The Kier molecular flexibility index (Phi) is 5.39. The maximum Gasteiger partial charge on any atom is 0.252 e. The smallest absolute Gasteiger partial charge is 0.252 e. The van der Waals surface area contributed by atoms with Crippen molar-refractivity contribution in [1.29, 1.82) is 0 Å². The molecule has 1 aromatic carbocycles. The van der Waals surface area contributed by atoms with E-state index in [1.165, 1.54) is 0 Å². The van der Waals surface area contributed by atoms with E-state index in [1.807, 2.05) is 31.2 Å². The molecular weight excluding hydrogens is 324 g/mol. The van der Waals surface area contributed by atoms with Gasteiger partial charge < -0.3 is 5.32 Å². The van der Waals surface area contributed by atoms with E-state index in [0.717, 1.165) is 15.6 Å². The van der Waals surface area contributed by atoms with E-state index >= 15 is 0 Å². The van der Waals surface area contributed by atoms with Crippen molar-refractivity contribution in [2.75, 3.05) is 6.54 Å². The summed E-state index contributed by atoms with van der Waals surface area (Å²) >= 11 is 7.94. The van der Waals surface area contributed by atoms with E-state index in [1.54, 1.807) is 0 Å². The molecule has 0 radical (unpaired) electrons. The van der Waals surface area contributed by atoms with Crippen molar-refractivity contribution in [1.82, 2.24) is 5.32 Å². The van der Waals surface area contributed by atoms with E-state index in [0.29, 0.717) is 6.54 Å². The first-order valence-corrected chi connectivity index (χ1v) is 6.29. The largest absolute Gasteiger partial charge is 0.352 e. The zero-order valence-corrected chi connectivity index (χ0v) is 11.4. The first-order chi connectivity index (χ1) is 7.11. The molecular formula is C11H13ClINO. The number of carbonyl (C=O) groups excluding carboxylic acids is 1. The van der Waals surface area contributed by atoms with Crippen LogP contribution in [0.15, 0.2) is 24.3 Å². The molecule has 0 bridgehead atoms. The predicted molar refractivity (Wildman–Crippen MR) is 71.4 cm³/mol. The Labute approximate surface area is 109 Å². The summed E-state index contributed by atoms with van der Waals surface area (Å²) in [5.41, 5.74) is 0.723. The first-order valence-electron chi connectivity index (χ1n) is 4.78. The fraction of sp³-hybridized carbons (Fsp3) is 0.364. The maximum atomic E-state index is 11.7. The van der Waals surface area contributed by atoms with Gasteiger partial charge in [0.25, 0.3) is 5.91 Å². The summed E-state index contributed by atoms with van der Waals surface area (Å²) < 4.78 is 0.964. The van der Waals surface area contributed by atoms with Crippen molar-refractivity contribution in [3.05, 3.63) is 33.4 Å². The number of alkyl halides is 1. The molecule has 1 rings (SSSR count). The highest BCUT2D eigenvalue weighted by molar-refractivity contribution is 14.1. The topological polar surface area (TPSA) is 29.1 Å². The summed E-state index contributed by atoms with van der Waals surface area (Å²) in [5.74, 6) is -0.0303. The van der Waals surface area contributed by atoms with E-state index in [-0.39, 0.29) is 11.3 Å². The molecule has 1 amide bonds. The summed E-state index contributed by atoms with van der Waals surface area (Å²) in [5, 5.41) is 2.94. The standard InChI is InChI=1S/C11H13ClINO/c1-8(12)6-7-14-11(15)9-4-2-3-5-10(9)13/h2-5,8H,6-7H2,1H3,(H,14,15). The minimum absolute atomic E-state index is 0.0303. The second-order valence-corrected chi connectivity index (χ2v) is 5.21. The Bertz CT molecular complexity index is 341. The number of hydrogen-bond acceptors (Lipinski definition) is 1. The third-order valence-corrected chi connectivity index (χ3v) is 3.11. The summed E-state index contributed by atoms with van der Waals surface area (Å²) in [7, 11) is 0. The second-order valence-electron chi connectivity index (χ2n) is 3.31. The number of halogens is 2. The van der Waals surface area contributed by atoms with Crippen molar-refractivity contribution < 1.29 is 4.79 Å². The molecule has 0 heterocycles. The van der Waals surface area contributed by atoms with Gasteiger partial charge in [-0.2, -0.15) is 0 Å². The Morgan fingerprint density at radius 2 is 2.20 bits per heavy atom. The van der Waals surface area contributed by atoms with Gasteiger partial charge in [-0.15, -0.1) is 11.6 Å². The molecule has 15 heavy (non-hydrogen) atoms. The van der Waals surface area contributed by atoms with Gasteiger partial charge in [0.2, 0.25) is 0 Å². The maximum absolute atomic E-state index is 11.7. The predicted octanol–water partition coefficient (Wildman–Crippen LogP) is 3.04. The van der Waals surface area contributed by atoms with E-state index in [9.17, 15) is 4.79 Å². The monoisotopic (exact) mass is 337 g/mol. The molecule has 4 heteroatoms. The normalized spacial score (nSPS) is 12.2. The molecule has 2 nitrogen and oxygen atoms in total. The van der Waals surface area contributed by atoms with Crippen LogP contribution < -0.4 is 5.32 Å². The summed E-state index contributed by atoms with van der Waals surface area (Å²) in [6, 6.07) is 7.52. The van der Waals surface area contributed by atoms with Gasteiger partial charge in [0.15, 0.2) is 0 Å². The number of amides is 1. The zero-order valence-electron chi connectivity index (χ0n) is 8.47. The van der Waals surface area contributed by atoms with Crippen molar-refractivity contribution >= 4 is 40.1 Å². The summed E-state index contributed by atoms with van der Waals surface area (Å²) in [6.45, 7) is 2.54. The number of carbonyl (C=O) groups is 1. The lowest BCUT2D eigenvalue weighted by Crippen LogP contribution is -2.26. The summed E-state index contributed by atoms with van der Waals surface area (Å²) in [6.07, 6.45) is 0.788. The Balaban J connectivity index is 2.51. The highest BCUT2D eigenvalue weighted by atomic mass is 127. The lowest BCUT2D eigenvalue weighted by atomic mass is 10.2. The van der Waals surface area contributed by atoms with Gasteiger partial charge in [-0.25, -0.2) is 0 Å². The van der Waals surface area contributed by atoms with Gasteiger partial charge in [0.1, 0.15) is 0 Å². The van der Waals surface area contributed by atoms with Crippen molar-refractivity contribution in [2.45, 2.75) is 18.7 Å². The number of nitrogens with one attached hydrogen (secondary N) is 1. The molecule has 1 N–H and O–H groups in total. The van der Waals surface area contributed by atoms with Gasteiger partial charge in [-0.1, -0.05) is 12.1 Å². The Morgan fingerprint density at radius 1 is 1.53 bits per heavy atom. The SMILES string of the molecule is CC(Cl)CCNC(=O)c1ccccc1I. The van der Waals surface area contributed by atoms with Crippen molar-refractivity contribution in [3.8, 4) is 0 Å². The molecule has 1 aromatic rings. The van der Waals surface area contributed by atoms with Crippen LogP contribution in [-0.2, 0) is 0 Å². The molecule has 0 aliphatic carbocycles. The second kappa shape index (κ2) is 6.33. The van der Waals surface area contributed by atoms with Crippen LogP contribution >= 0.6 is 34.2 Å². The molecule has 0 fully saturated rings. The Morgan fingerprint density at radius 3 is 2.80 bits per heavy atom. The zero-order chi connectivity index (χ0) is 11.3. The average Bonchev–Trinajstić information content (AvgIpc) is 2.17. The van der Waals surface area contributed by atoms with Crippen LogP contribution in [0.5, 0.6) is 0 Å². The van der Waals surface area contributed by atoms with Crippen LogP contribution in [0.4, 0.5) is 0 Å². The number of hydrogen-bond donors (Lipinski definition) is 1. The number of benzene rings is 1. The lowest BCUT2D eigenvalue weighted by molar-refractivity contribution is 0.0952. The molecule has 0 saturated carbocycles. The van der Waals surface area contributed by atoms with Crippen LogP contribution in [0.2, 0.25) is 0 Å². The first kappa shape index (κ1) is 12.8. The lowest BCUT2D eigenvalue weighted by Gasteiger charge is -2.07. The molecule has 0 saturated heterocycles. The van der Waals surface area contributed by atoms with E-state index < -0.39 is 0 Å². The molecule has 82 valence electrons. The quantitative estimate of drug-likeness (QED) is 0.664. The third kappa shape index (κ3) is 4.38. The van der Waals surface area contributed by atoms with Crippen LogP contribution in [0, 0.1) is 3.57 Å². The fourth-order valence-electron chi connectivity index (χ4n) is 1.13. The minimum Gasteiger partial charge on any atom is -0.352 e. The van der Waals surface area contributed by atoms with Gasteiger partial charge in [-0.05, 0) is 48.1 Å². The Hall–Kier alpha value is -0.290. The molecule has 0 aliphatic rings. The molecule has 0 aliphatic heterocycles. The molecule has 1 unspecified atom stereocenters. The van der Waals surface area contributed by atoms with E-state index in [2.05, 4.69) is 27.9 Å². The molecule has 1 atom stereocenters. The highest BCUT2D eigenvalue weighted by Crippen LogP contribution is 2.11. The van der Waals surface area contributed by atoms with Crippen LogP contribution in [0.25, 0.3) is 0 Å². The van der Waals surface area contributed by atoms with Crippen LogP contribution in [0.1, 0.15) is 23.7 Å². The summed E-state index contributed by atoms with van der Waals surface area (Å²) in [4.78, 5) is 11.7. The van der Waals surface area contributed by atoms with Gasteiger partial charge >= 0.3 is 0 Å². The minimum atomic E-state index is -0.0303. The van der Waals surface area contributed by atoms with Gasteiger partial charge in [0.05, 0.1) is 5.56 Å².